The van der Waals surface area contributed by atoms with Crippen LogP contribution in [-0.2, 0) is 6.54 Å². The zero-order chi connectivity index (χ0) is 12.1. The molecule has 0 unspecified atom stereocenters. The Hall–Kier alpha value is -0.540. The quantitative estimate of drug-likeness (QED) is 0.791. The van der Waals surface area contributed by atoms with Gasteiger partial charge in [0.25, 0.3) is 0 Å². The molecule has 1 aliphatic heterocycles. The summed E-state index contributed by atoms with van der Waals surface area (Å²) in [6, 6.07) is 8.41. The van der Waals surface area contributed by atoms with Crippen LogP contribution < -0.4 is 4.74 Å². The number of benzene rings is 1. The number of nitrogens with zero attached hydrogens (tertiary/aromatic N) is 1. The van der Waals surface area contributed by atoms with Gasteiger partial charge in [-0.05, 0) is 49.5 Å². The van der Waals surface area contributed by atoms with E-state index in [2.05, 4.69) is 33.0 Å². The van der Waals surface area contributed by atoms with Gasteiger partial charge in [0.2, 0.25) is 0 Å². The fourth-order valence-corrected chi connectivity index (χ4v) is 2.94. The standard InChI is InChI=1S/C14H20BrNO/c1-17-14-4-2-13(3-5-14)11-16-8-6-12(10-15)7-9-16/h2-5,12H,6-11H2,1H3. The predicted molar refractivity (Wildman–Crippen MR) is 74.8 cm³/mol. The third kappa shape index (κ3) is 3.71. The number of rotatable bonds is 4. The fourth-order valence-electron chi connectivity index (χ4n) is 2.29. The lowest BCUT2D eigenvalue weighted by Crippen LogP contribution is -2.33. The summed E-state index contributed by atoms with van der Waals surface area (Å²) in [6.07, 6.45) is 2.64. The first-order valence-corrected chi connectivity index (χ1v) is 7.35. The van der Waals surface area contributed by atoms with Crippen molar-refractivity contribution in [3.8, 4) is 5.75 Å². The van der Waals surface area contributed by atoms with Gasteiger partial charge in [-0.1, -0.05) is 28.1 Å². The van der Waals surface area contributed by atoms with Crippen LogP contribution in [0.1, 0.15) is 18.4 Å². The van der Waals surface area contributed by atoms with E-state index in [-0.39, 0.29) is 0 Å². The van der Waals surface area contributed by atoms with E-state index in [1.165, 1.54) is 31.5 Å². The summed E-state index contributed by atoms with van der Waals surface area (Å²) >= 11 is 3.58. The molecule has 1 fully saturated rings. The highest BCUT2D eigenvalue weighted by molar-refractivity contribution is 9.09. The second-order valence-electron chi connectivity index (χ2n) is 4.72. The Morgan fingerprint density at radius 3 is 2.41 bits per heavy atom. The zero-order valence-electron chi connectivity index (χ0n) is 10.4. The van der Waals surface area contributed by atoms with E-state index in [1.54, 1.807) is 7.11 Å². The number of likely N-dealkylation sites (tertiary alicyclic amines) is 1. The highest BCUT2D eigenvalue weighted by atomic mass is 79.9. The first kappa shape index (κ1) is 12.9. The van der Waals surface area contributed by atoms with Crippen LogP contribution in [0.3, 0.4) is 0 Å². The molecule has 1 aromatic rings. The average Bonchev–Trinajstić information content (AvgIpc) is 2.40. The summed E-state index contributed by atoms with van der Waals surface area (Å²) in [4.78, 5) is 2.54. The van der Waals surface area contributed by atoms with Gasteiger partial charge in [-0.15, -0.1) is 0 Å². The van der Waals surface area contributed by atoms with Gasteiger partial charge in [0.1, 0.15) is 5.75 Å². The van der Waals surface area contributed by atoms with Crippen molar-refractivity contribution in [2.45, 2.75) is 19.4 Å². The molecule has 2 rings (SSSR count). The molecular formula is C14H20BrNO. The second kappa shape index (κ2) is 6.41. The zero-order valence-corrected chi connectivity index (χ0v) is 11.9. The molecule has 3 heteroatoms. The van der Waals surface area contributed by atoms with E-state index in [0.717, 1.165) is 23.5 Å². The van der Waals surface area contributed by atoms with E-state index >= 15 is 0 Å². The van der Waals surface area contributed by atoms with Crippen molar-refractivity contribution >= 4 is 15.9 Å². The van der Waals surface area contributed by atoms with Crippen LogP contribution in [0.5, 0.6) is 5.75 Å². The molecule has 0 bridgehead atoms. The van der Waals surface area contributed by atoms with E-state index in [9.17, 15) is 0 Å². The number of hydrogen-bond acceptors (Lipinski definition) is 2. The lowest BCUT2D eigenvalue weighted by molar-refractivity contribution is 0.187. The molecule has 0 atom stereocenters. The smallest absolute Gasteiger partial charge is 0.118 e. The van der Waals surface area contributed by atoms with Gasteiger partial charge in [0.15, 0.2) is 0 Å². The molecule has 1 aliphatic rings. The van der Waals surface area contributed by atoms with Crippen molar-refractivity contribution in [2.75, 3.05) is 25.5 Å². The SMILES string of the molecule is COc1ccc(CN2CCC(CBr)CC2)cc1. The van der Waals surface area contributed by atoms with Crippen LogP contribution in [0.2, 0.25) is 0 Å². The molecule has 0 N–H and O–H groups in total. The van der Waals surface area contributed by atoms with Crippen LogP contribution in [0.4, 0.5) is 0 Å². The molecule has 0 aliphatic carbocycles. The van der Waals surface area contributed by atoms with E-state index in [0.29, 0.717) is 0 Å². The van der Waals surface area contributed by atoms with E-state index in [1.807, 2.05) is 12.1 Å². The monoisotopic (exact) mass is 297 g/mol. The Balaban J connectivity index is 1.84. The van der Waals surface area contributed by atoms with Gasteiger partial charge in [0, 0.05) is 11.9 Å². The minimum Gasteiger partial charge on any atom is -0.497 e. The maximum atomic E-state index is 5.17. The number of alkyl halides is 1. The second-order valence-corrected chi connectivity index (χ2v) is 5.37. The van der Waals surface area contributed by atoms with Crippen LogP contribution in [0, 0.1) is 5.92 Å². The first-order chi connectivity index (χ1) is 8.31. The Labute approximate surface area is 112 Å². The maximum Gasteiger partial charge on any atom is 0.118 e. The van der Waals surface area contributed by atoms with Crippen molar-refractivity contribution in [1.29, 1.82) is 0 Å². The van der Waals surface area contributed by atoms with Crippen molar-refractivity contribution in [1.82, 2.24) is 4.90 Å². The van der Waals surface area contributed by atoms with E-state index in [4.69, 9.17) is 4.74 Å². The summed E-state index contributed by atoms with van der Waals surface area (Å²) in [7, 11) is 1.71. The van der Waals surface area contributed by atoms with Crippen molar-refractivity contribution in [3.05, 3.63) is 29.8 Å². The molecule has 0 amide bonds. The molecule has 1 saturated heterocycles. The molecule has 0 aromatic heterocycles. The number of halogens is 1. The highest BCUT2D eigenvalue weighted by Crippen LogP contribution is 2.21. The molecule has 0 saturated carbocycles. The Kier molecular flexibility index (Phi) is 4.86. The molecular weight excluding hydrogens is 278 g/mol. The summed E-state index contributed by atoms with van der Waals surface area (Å²) in [5, 5.41) is 1.16. The number of ether oxygens (including phenoxy) is 1. The molecule has 17 heavy (non-hydrogen) atoms. The van der Waals surface area contributed by atoms with Crippen molar-refractivity contribution in [3.63, 3.8) is 0 Å². The van der Waals surface area contributed by atoms with Crippen LogP contribution in [0.25, 0.3) is 0 Å². The van der Waals surface area contributed by atoms with Crippen LogP contribution in [0.15, 0.2) is 24.3 Å². The van der Waals surface area contributed by atoms with Crippen LogP contribution >= 0.6 is 15.9 Å². The minimum atomic E-state index is 0.877. The lowest BCUT2D eigenvalue weighted by Gasteiger charge is -2.31. The average molecular weight is 298 g/mol. The molecule has 1 heterocycles. The number of methoxy groups -OCH3 is 1. The molecule has 94 valence electrons. The van der Waals surface area contributed by atoms with E-state index < -0.39 is 0 Å². The predicted octanol–water partition coefficient (Wildman–Crippen LogP) is 3.30. The highest BCUT2D eigenvalue weighted by Gasteiger charge is 2.17. The largest absolute Gasteiger partial charge is 0.497 e. The van der Waals surface area contributed by atoms with Crippen molar-refractivity contribution < 1.29 is 4.74 Å². The lowest BCUT2D eigenvalue weighted by atomic mass is 9.99. The Bertz CT molecular complexity index is 331. The topological polar surface area (TPSA) is 12.5 Å². The molecule has 0 radical (unpaired) electrons. The fraction of sp³-hybridized carbons (Fsp3) is 0.571. The van der Waals surface area contributed by atoms with Gasteiger partial charge in [-0.25, -0.2) is 0 Å². The van der Waals surface area contributed by atoms with Crippen molar-refractivity contribution in [2.24, 2.45) is 5.92 Å². The third-order valence-corrected chi connectivity index (χ3v) is 4.41. The Morgan fingerprint density at radius 1 is 1.24 bits per heavy atom. The minimum absolute atomic E-state index is 0.877. The third-order valence-electron chi connectivity index (χ3n) is 3.49. The normalized spacial score (nSPS) is 18.2. The summed E-state index contributed by atoms with van der Waals surface area (Å²) in [5.74, 6) is 1.81. The first-order valence-electron chi connectivity index (χ1n) is 6.23. The summed E-state index contributed by atoms with van der Waals surface area (Å²) in [5.41, 5.74) is 1.38. The number of hydrogen-bond donors (Lipinski definition) is 0. The van der Waals surface area contributed by atoms with Crippen LogP contribution in [-0.4, -0.2) is 30.4 Å². The molecule has 2 nitrogen and oxygen atoms in total. The maximum absolute atomic E-state index is 5.17. The van der Waals surface area contributed by atoms with Gasteiger partial charge in [-0.3, -0.25) is 4.90 Å². The van der Waals surface area contributed by atoms with Gasteiger partial charge >= 0.3 is 0 Å². The van der Waals surface area contributed by atoms with Gasteiger partial charge < -0.3 is 4.74 Å². The van der Waals surface area contributed by atoms with Gasteiger partial charge in [0.05, 0.1) is 7.11 Å². The number of piperidine rings is 1. The summed E-state index contributed by atoms with van der Waals surface area (Å²) < 4.78 is 5.17. The summed E-state index contributed by atoms with van der Waals surface area (Å²) in [6.45, 7) is 3.52. The molecule has 1 aromatic carbocycles. The molecule has 0 spiro atoms. The Morgan fingerprint density at radius 2 is 1.88 bits per heavy atom. The van der Waals surface area contributed by atoms with Gasteiger partial charge in [-0.2, -0.15) is 0 Å².